The normalized spacial score (nSPS) is 20.1. The first kappa shape index (κ1) is 22.1. The molecule has 2 N–H and O–H groups in total. The number of carboxylic acid groups (broad SMARTS) is 1. The molecular formula is C17H14Cl2N2O8S. The summed E-state index contributed by atoms with van der Waals surface area (Å²) in [6.45, 7) is 0.968. The zero-order valence-electron chi connectivity index (χ0n) is 15.2. The molecule has 2 amide bonds. The third-order valence-electron chi connectivity index (χ3n) is 4.10. The lowest BCUT2D eigenvalue weighted by Gasteiger charge is -2.49. The van der Waals surface area contributed by atoms with Gasteiger partial charge < -0.3 is 24.3 Å². The van der Waals surface area contributed by atoms with Crippen LogP contribution in [-0.2, 0) is 23.9 Å². The van der Waals surface area contributed by atoms with Crippen molar-refractivity contribution in [2.24, 2.45) is 0 Å². The van der Waals surface area contributed by atoms with Gasteiger partial charge >= 0.3 is 12.1 Å². The number of carbonyl (C=O) groups excluding carboxylic acids is 3. The lowest BCUT2D eigenvalue weighted by molar-refractivity contribution is -0.148. The average Bonchev–Trinajstić information content (AvgIpc) is 3.17. The minimum Gasteiger partial charge on any atom is -0.464 e. The lowest BCUT2D eigenvalue weighted by Crippen LogP contribution is -2.70. The molecule has 0 radical (unpaired) electrons. The first-order chi connectivity index (χ1) is 14.2. The molecule has 3 rings (SSSR count). The van der Waals surface area contributed by atoms with Gasteiger partial charge in [-0.05, 0) is 12.1 Å². The minimum absolute atomic E-state index is 0.117. The summed E-state index contributed by atoms with van der Waals surface area (Å²) >= 11 is 12.8. The smallest absolute Gasteiger partial charge is 0.464 e. The summed E-state index contributed by atoms with van der Waals surface area (Å²) in [4.78, 5) is 48.5. The van der Waals surface area contributed by atoms with Crippen LogP contribution in [0.2, 0.25) is 0 Å². The van der Waals surface area contributed by atoms with Crippen LogP contribution in [0.5, 0.6) is 0 Å². The Bertz CT molecular complexity index is 955. The number of amides is 2. The van der Waals surface area contributed by atoms with E-state index < -0.39 is 35.4 Å². The summed E-state index contributed by atoms with van der Waals surface area (Å²) in [5.41, 5.74) is 0.162. The van der Waals surface area contributed by atoms with Gasteiger partial charge in [-0.1, -0.05) is 23.2 Å². The molecule has 160 valence electrons. The van der Waals surface area contributed by atoms with Gasteiger partial charge in [0, 0.05) is 18.2 Å². The molecule has 2 aliphatic heterocycles. The van der Waals surface area contributed by atoms with Crippen molar-refractivity contribution in [3.05, 3.63) is 40.1 Å². The molecule has 0 saturated carbocycles. The molecule has 1 aromatic heterocycles. The van der Waals surface area contributed by atoms with E-state index in [1.165, 1.54) is 37.1 Å². The first-order valence-corrected chi connectivity index (χ1v) is 10.1. The van der Waals surface area contributed by atoms with Crippen molar-refractivity contribution in [2.45, 2.75) is 18.3 Å². The Morgan fingerprint density at radius 2 is 2.13 bits per heavy atom. The first-order valence-electron chi connectivity index (χ1n) is 8.31. The molecule has 1 saturated heterocycles. The van der Waals surface area contributed by atoms with Crippen LogP contribution < -0.4 is 5.32 Å². The minimum atomic E-state index is -1.63. The summed E-state index contributed by atoms with van der Waals surface area (Å²) in [7, 11) is 0. The van der Waals surface area contributed by atoms with E-state index in [9.17, 15) is 19.2 Å². The van der Waals surface area contributed by atoms with Gasteiger partial charge in [-0.2, -0.15) is 0 Å². The summed E-state index contributed by atoms with van der Waals surface area (Å²) in [6.07, 6.45) is -0.300. The van der Waals surface area contributed by atoms with Crippen LogP contribution in [0, 0.1) is 0 Å². The molecule has 0 aromatic carbocycles. The van der Waals surface area contributed by atoms with E-state index in [-0.39, 0.29) is 34.1 Å². The Morgan fingerprint density at radius 1 is 1.40 bits per heavy atom. The molecule has 2 atom stereocenters. The Balaban J connectivity index is 1.79. The standard InChI is InChI=1S/C17H14Cl2N2O8S/c1-7(22)28-5-8-6-30-16-11(14(24)21(16)15(8)29-17(25)26)20-13(23)10(12(18)19)9-3-2-4-27-9/h2-4,11,16H,5-6H2,1H3,(H,20,23)(H,25,26)/t11?,16-/m0/s1. The third-order valence-corrected chi connectivity index (χ3v) is 5.81. The zero-order valence-corrected chi connectivity index (χ0v) is 17.5. The number of esters is 1. The molecule has 0 aliphatic carbocycles. The second-order valence-electron chi connectivity index (χ2n) is 6.03. The number of thioether (sulfide) groups is 1. The van der Waals surface area contributed by atoms with E-state index in [0.717, 1.165) is 4.90 Å². The Hall–Kier alpha value is -2.63. The fourth-order valence-electron chi connectivity index (χ4n) is 2.82. The summed E-state index contributed by atoms with van der Waals surface area (Å²) in [5.74, 6) is -1.82. The molecule has 30 heavy (non-hydrogen) atoms. The van der Waals surface area contributed by atoms with Gasteiger partial charge in [0.05, 0.1) is 6.26 Å². The lowest BCUT2D eigenvalue weighted by atomic mass is 10.1. The Morgan fingerprint density at radius 3 is 2.70 bits per heavy atom. The van der Waals surface area contributed by atoms with E-state index in [1.807, 2.05) is 0 Å². The molecule has 3 heterocycles. The van der Waals surface area contributed by atoms with Gasteiger partial charge in [0.2, 0.25) is 5.88 Å². The summed E-state index contributed by atoms with van der Waals surface area (Å²) < 4.78 is 14.4. The van der Waals surface area contributed by atoms with E-state index in [0.29, 0.717) is 5.57 Å². The maximum absolute atomic E-state index is 12.7. The van der Waals surface area contributed by atoms with E-state index >= 15 is 0 Å². The molecule has 2 aliphatic rings. The highest BCUT2D eigenvalue weighted by molar-refractivity contribution is 8.00. The van der Waals surface area contributed by atoms with E-state index in [1.54, 1.807) is 0 Å². The largest absolute Gasteiger partial charge is 0.512 e. The number of hydrogen-bond donors (Lipinski definition) is 2. The van der Waals surface area contributed by atoms with E-state index in [2.05, 4.69) is 5.32 Å². The number of nitrogens with one attached hydrogen (secondary N) is 1. The number of ether oxygens (including phenoxy) is 2. The van der Waals surface area contributed by atoms with E-state index in [4.69, 9.17) is 42.2 Å². The number of rotatable bonds is 6. The highest BCUT2D eigenvalue weighted by atomic mass is 35.5. The molecule has 13 heteroatoms. The van der Waals surface area contributed by atoms with Crippen LogP contribution in [0.3, 0.4) is 0 Å². The molecule has 1 unspecified atom stereocenters. The zero-order chi connectivity index (χ0) is 22.0. The number of fused-ring (bicyclic) bond motifs is 1. The van der Waals surface area contributed by atoms with Crippen LogP contribution in [-0.4, -0.2) is 57.7 Å². The maximum atomic E-state index is 12.7. The van der Waals surface area contributed by atoms with Crippen molar-refractivity contribution in [3.63, 3.8) is 0 Å². The van der Waals surface area contributed by atoms with Crippen LogP contribution in [0.25, 0.3) is 5.57 Å². The molecule has 0 bridgehead atoms. The number of carbonyl (C=O) groups is 4. The van der Waals surface area contributed by atoms with Crippen molar-refractivity contribution < 1.29 is 38.2 Å². The highest BCUT2D eigenvalue weighted by Gasteiger charge is 2.54. The van der Waals surface area contributed by atoms with Gasteiger partial charge in [-0.15, -0.1) is 11.8 Å². The number of halogens is 2. The van der Waals surface area contributed by atoms with Crippen molar-refractivity contribution in [1.82, 2.24) is 10.2 Å². The summed E-state index contributed by atoms with van der Waals surface area (Å²) in [6, 6.07) is 2.03. The Kier molecular flexibility index (Phi) is 6.64. The van der Waals surface area contributed by atoms with Gasteiger partial charge in [-0.3, -0.25) is 19.3 Å². The molecule has 1 aromatic rings. The van der Waals surface area contributed by atoms with Crippen molar-refractivity contribution >= 4 is 64.5 Å². The molecule has 0 spiro atoms. The second-order valence-corrected chi connectivity index (χ2v) is 8.08. The monoisotopic (exact) mass is 476 g/mol. The number of β-lactam (4-membered cyclic amide) rings is 1. The predicted octanol–water partition coefficient (Wildman–Crippen LogP) is 2.29. The van der Waals surface area contributed by atoms with Crippen molar-refractivity contribution in [1.29, 1.82) is 0 Å². The Labute approximate surface area is 183 Å². The quantitative estimate of drug-likeness (QED) is 0.359. The van der Waals surface area contributed by atoms with Crippen LogP contribution in [0.15, 0.2) is 38.8 Å². The number of furan rings is 1. The van der Waals surface area contributed by atoms with Crippen molar-refractivity contribution in [2.75, 3.05) is 12.4 Å². The number of hydrogen-bond acceptors (Lipinski definition) is 8. The van der Waals surface area contributed by atoms with Gasteiger partial charge in [0.1, 0.15) is 33.8 Å². The predicted molar refractivity (Wildman–Crippen MR) is 105 cm³/mol. The van der Waals surface area contributed by atoms with Crippen molar-refractivity contribution in [3.8, 4) is 0 Å². The fourth-order valence-corrected chi connectivity index (χ4v) is 4.49. The van der Waals surface area contributed by atoms with Gasteiger partial charge in [0.25, 0.3) is 11.8 Å². The van der Waals surface area contributed by atoms with Gasteiger partial charge in [-0.25, -0.2) is 4.79 Å². The molecule has 1 fully saturated rings. The third kappa shape index (κ3) is 4.42. The van der Waals surface area contributed by atoms with Gasteiger partial charge in [0.15, 0.2) is 0 Å². The summed E-state index contributed by atoms with van der Waals surface area (Å²) in [5, 5.41) is 10.9. The number of nitrogens with zero attached hydrogens (tertiary/aromatic N) is 1. The maximum Gasteiger partial charge on any atom is 0.512 e. The fraction of sp³-hybridized carbons (Fsp3) is 0.294. The second kappa shape index (κ2) is 9.02. The average molecular weight is 477 g/mol. The van der Waals surface area contributed by atoms with Crippen LogP contribution >= 0.6 is 35.0 Å². The van der Waals surface area contributed by atoms with Crippen LogP contribution in [0.4, 0.5) is 4.79 Å². The topological polar surface area (TPSA) is 135 Å². The highest BCUT2D eigenvalue weighted by Crippen LogP contribution is 2.41. The molecule has 10 nitrogen and oxygen atoms in total. The molecular weight excluding hydrogens is 463 g/mol. The van der Waals surface area contributed by atoms with Crippen LogP contribution in [0.1, 0.15) is 12.7 Å². The SMILES string of the molecule is CC(=O)OCC1=C(OC(=O)O)N2C(=O)C(NC(=O)C(=C(Cl)Cl)c3ccco3)[C@@H]2SC1.